The molecule has 0 saturated carbocycles. The Morgan fingerprint density at radius 2 is 1.24 bits per heavy atom. The zero-order valence-electron chi connectivity index (χ0n) is 22.2. The summed E-state index contributed by atoms with van der Waals surface area (Å²) in [6.45, 7) is 6.31. The molecule has 0 radical (unpaired) electrons. The van der Waals surface area contributed by atoms with Gasteiger partial charge in [0.1, 0.15) is 0 Å². The maximum atomic E-state index is 14.4. The molecule has 1 aliphatic heterocycles. The van der Waals surface area contributed by atoms with Crippen molar-refractivity contribution in [1.29, 1.82) is 0 Å². The van der Waals surface area contributed by atoms with E-state index in [-0.39, 0.29) is 23.8 Å². The predicted molar refractivity (Wildman–Crippen MR) is 153 cm³/mol. The molecular weight excluding hydrogens is 468 g/mol. The highest BCUT2D eigenvalue weighted by molar-refractivity contribution is 5.99. The lowest BCUT2D eigenvalue weighted by Crippen LogP contribution is -2.51. The summed E-state index contributed by atoms with van der Waals surface area (Å²) < 4.78 is 6.99. The molecule has 4 aromatic rings. The minimum absolute atomic E-state index is 0.0102. The van der Waals surface area contributed by atoms with Gasteiger partial charge in [-0.25, -0.2) is 0 Å². The molecular formula is C34H34N2O2. The van der Waals surface area contributed by atoms with E-state index in [4.69, 9.17) is 9.73 Å². The Kier molecular flexibility index (Phi) is 7.41. The number of benzene rings is 4. The number of ether oxygens (including phenoxy) is 1. The lowest BCUT2D eigenvalue weighted by atomic mass is 9.75. The van der Waals surface area contributed by atoms with E-state index in [9.17, 15) is 4.79 Å². The summed E-state index contributed by atoms with van der Waals surface area (Å²) in [5, 5.41) is 0. The van der Waals surface area contributed by atoms with Crippen molar-refractivity contribution in [3.05, 3.63) is 138 Å². The van der Waals surface area contributed by atoms with E-state index in [0.717, 1.165) is 22.4 Å². The fourth-order valence-electron chi connectivity index (χ4n) is 5.53. The number of amidine groups is 1. The number of hydrogen-bond donors (Lipinski definition) is 0. The fraction of sp³-hybridized carbons (Fsp3) is 0.235. The van der Waals surface area contributed by atoms with Crippen molar-refractivity contribution in [1.82, 2.24) is 4.90 Å². The highest BCUT2D eigenvalue weighted by Crippen LogP contribution is 2.48. The van der Waals surface area contributed by atoms with Crippen molar-refractivity contribution in [2.75, 3.05) is 0 Å². The summed E-state index contributed by atoms with van der Waals surface area (Å²) in [6, 6.07) is 40.4. The first kappa shape index (κ1) is 25.5. The number of carbonyl (C=O) groups is 1. The number of amides is 1. The lowest BCUT2D eigenvalue weighted by molar-refractivity contribution is -0.133. The van der Waals surface area contributed by atoms with Crippen LogP contribution in [0.15, 0.2) is 126 Å². The predicted octanol–water partition coefficient (Wildman–Crippen LogP) is 7.38. The average molecular weight is 503 g/mol. The third kappa shape index (κ3) is 4.87. The quantitative estimate of drug-likeness (QED) is 0.265. The molecule has 0 N–H and O–H groups in total. The van der Waals surface area contributed by atoms with Gasteiger partial charge in [-0.05, 0) is 30.0 Å². The van der Waals surface area contributed by atoms with E-state index in [1.165, 1.54) is 0 Å². The van der Waals surface area contributed by atoms with Crippen molar-refractivity contribution in [2.45, 2.75) is 38.8 Å². The van der Waals surface area contributed by atoms with Crippen LogP contribution in [0.25, 0.3) is 0 Å². The Morgan fingerprint density at radius 1 is 0.763 bits per heavy atom. The van der Waals surface area contributed by atoms with Crippen LogP contribution in [-0.4, -0.2) is 22.9 Å². The van der Waals surface area contributed by atoms with Crippen LogP contribution in [0.3, 0.4) is 0 Å². The van der Waals surface area contributed by atoms with E-state index in [0.29, 0.717) is 12.4 Å². The Hall–Kier alpha value is -4.18. The molecule has 0 bridgehead atoms. The SMILES string of the molecule is CC(C)[C@@H]1N(C(=O)[C@H](C)Cc2ccccc2)C(=Nc2ccccc2)OC1(c1ccccc1)c1ccccc1. The van der Waals surface area contributed by atoms with E-state index in [1.807, 2.05) is 96.8 Å². The van der Waals surface area contributed by atoms with Gasteiger partial charge in [0.05, 0.1) is 11.7 Å². The first-order chi connectivity index (χ1) is 18.5. The zero-order valence-corrected chi connectivity index (χ0v) is 22.2. The summed E-state index contributed by atoms with van der Waals surface area (Å²) in [7, 11) is 0. The topological polar surface area (TPSA) is 41.9 Å². The molecule has 1 amide bonds. The number of rotatable bonds is 7. The van der Waals surface area contributed by atoms with Crippen LogP contribution in [0.1, 0.15) is 37.5 Å². The van der Waals surface area contributed by atoms with E-state index in [1.54, 1.807) is 0 Å². The Balaban J connectivity index is 1.69. The lowest BCUT2D eigenvalue weighted by Gasteiger charge is -2.38. The van der Waals surface area contributed by atoms with E-state index >= 15 is 0 Å². The average Bonchev–Trinajstić information content (AvgIpc) is 3.30. The number of hydrogen-bond acceptors (Lipinski definition) is 3. The molecule has 5 rings (SSSR count). The first-order valence-electron chi connectivity index (χ1n) is 13.3. The van der Waals surface area contributed by atoms with Crippen molar-refractivity contribution >= 4 is 17.6 Å². The molecule has 1 heterocycles. The molecule has 4 nitrogen and oxygen atoms in total. The molecule has 0 spiro atoms. The monoisotopic (exact) mass is 502 g/mol. The smallest absolute Gasteiger partial charge is 0.301 e. The van der Waals surface area contributed by atoms with Gasteiger partial charge in [-0.15, -0.1) is 0 Å². The summed E-state index contributed by atoms with van der Waals surface area (Å²) in [4.78, 5) is 21.1. The Labute approximate surface area is 225 Å². The molecule has 0 aliphatic carbocycles. The van der Waals surface area contributed by atoms with Crippen molar-refractivity contribution in [3.8, 4) is 0 Å². The second kappa shape index (κ2) is 11.1. The van der Waals surface area contributed by atoms with Gasteiger partial charge in [-0.3, -0.25) is 9.69 Å². The zero-order chi connectivity index (χ0) is 26.5. The van der Waals surface area contributed by atoms with Gasteiger partial charge in [0.15, 0.2) is 5.60 Å². The van der Waals surface area contributed by atoms with E-state index < -0.39 is 5.60 Å². The van der Waals surface area contributed by atoms with Gasteiger partial charge in [0.2, 0.25) is 5.91 Å². The third-order valence-electron chi connectivity index (χ3n) is 7.21. The van der Waals surface area contributed by atoms with Crippen molar-refractivity contribution in [2.24, 2.45) is 16.8 Å². The molecule has 0 aromatic heterocycles. The molecule has 1 saturated heterocycles. The van der Waals surface area contributed by atoms with Gasteiger partial charge < -0.3 is 4.74 Å². The summed E-state index contributed by atoms with van der Waals surface area (Å²) in [5.41, 5.74) is 2.96. The van der Waals surface area contributed by atoms with Crippen LogP contribution in [0.2, 0.25) is 0 Å². The Morgan fingerprint density at radius 3 is 1.74 bits per heavy atom. The standard InChI is InChI=1S/C34H34N2O2/c1-25(2)31-34(28-18-10-5-11-19-28,29-20-12-6-13-21-29)38-33(35-30-22-14-7-15-23-30)36(31)32(37)26(3)24-27-16-8-4-9-17-27/h4-23,25-26,31H,24H2,1-3H3/t26-,31+/m1/s1. The number of para-hydroxylation sites is 1. The summed E-state index contributed by atoms with van der Waals surface area (Å²) in [6.07, 6.45) is 0.642. The first-order valence-corrected chi connectivity index (χ1v) is 13.3. The minimum Gasteiger partial charge on any atom is -0.446 e. The molecule has 1 aliphatic rings. The van der Waals surface area contributed by atoms with Gasteiger partial charge in [-0.1, -0.05) is 130 Å². The highest BCUT2D eigenvalue weighted by atomic mass is 16.5. The molecule has 2 atom stereocenters. The van der Waals surface area contributed by atoms with E-state index in [2.05, 4.69) is 50.2 Å². The van der Waals surface area contributed by atoms with Crippen molar-refractivity contribution < 1.29 is 9.53 Å². The highest BCUT2D eigenvalue weighted by Gasteiger charge is 2.58. The molecule has 0 unspecified atom stereocenters. The molecule has 4 aromatic carbocycles. The second-order valence-electron chi connectivity index (χ2n) is 10.3. The second-order valence-corrected chi connectivity index (χ2v) is 10.3. The van der Waals surface area contributed by atoms with Gasteiger partial charge in [0, 0.05) is 17.0 Å². The van der Waals surface area contributed by atoms with Crippen LogP contribution < -0.4 is 0 Å². The summed E-state index contributed by atoms with van der Waals surface area (Å²) >= 11 is 0. The van der Waals surface area contributed by atoms with Crippen LogP contribution in [-0.2, 0) is 21.6 Å². The molecule has 192 valence electrons. The third-order valence-corrected chi connectivity index (χ3v) is 7.21. The van der Waals surface area contributed by atoms with Gasteiger partial charge in [0.25, 0.3) is 0 Å². The van der Waals surface area contributed by atoms with Gasteiger partial charge >= 0.3 is 6.02 Å². The van der Waals surface area contributed by atoms with Crippen LogP contribution >= 0.6 is 0 Å². The molecule has 38 heavy (non-hydrogen) atoms. The number of carbonyl (C=O) groups excluding carboxylic acids is 1. The number of nitrogens with zero attached hydrogens (tertiary/aromatic N) is 2. The maximum absolute atomic E-state index is 14.4. The Bertz CT molecular complexity index is 1330. The van der Waals surface area contributed by atoms with Crippen molar-refractivity contribution in [3.63, 3.8) is 0 Å². The van der Waals surface area contributed by atoms with Crippen LogP contribution in [0, 0.1) is 11.8 Å². The molecule has 1 fully saturated rings. The molecule has 4 heteroatoms. The number of aliphatic imine (C=N–C) groups is 1. The van der Waals surface area contributed by atoms with Gasteiger partial charge in [-0.2, -0.15) is 4.99 Å². The fourth-order valence-corrected chi connectivity index (χ4v) is 5.53. The normalized spacial score (nSPS) is 18.4. The maximum Gasteiger partial charge on any atom is 0.301 e. The van der Waals surface area contributed by atoms with Crippen LogP contribution in [0.5, 0.6) is 0 Å². The minimum atomic E-state index is -0.910. The largest absolute Gasteiger partial charge is 0.446 e. The van der Waals surface area contributed by atoms with Crippen LogP contribution in [0.4, 0.5) is 5.69 Å². The summed E-state index contributed by atoms with van der Waals surface area (Å²) in [5.74, 6) is -0.173.